The van der Waals surface area contributed by atoms with E-state index >= 15 is 0 Å². The molecule has 0 aliphatic carbocycles. The lowest BCUT2D eigenvalue weighted by molar-refractivity contribution is -0.127. The van der Waals surface area contributed by atoms with Crippen molar-refractivity contribution < 1.29 is 4.79 Å². The Morgan fingerprint density at radius 2 is 1.96 bits per heavy atom. The van der Waals surface area contributed by atoms with Gasteiger partial charge in [-0.25, -0.2) is 4.79 Å². The highest BCUT2D eigenvalue weighted by Gasteiger charge is 2.24. The van der Waals surface area contributed by atoms with E-state index in [1.165, 1.54) is 22.4 Å². The van der Waals surface area contributed by atoms with E-state index in [9.17, 15) is 14.4 Å². The van der Waals surface area contributed by atoms with Crippen LogP contribution in [0.15, 0.2) is 52.2 Å². The second kappa shape index (κ2) is 8.20. The summed E-state index contributed by atoms with van der Waals surface area (Å²) < 4.78 is 1.51. The molecule has 1 aromatic heterocycles. The first kappa shape index (κ1) is 18.9. The molecule has 2 heterocycles. The fourth-order valence-electron chi connectivity index (χ4n) is 3.46. The molecule has 0 bridgehead atoms. The van der Waals surface area contributed by atoms with Gasteiger partial charge in [-0.2, -0.15) is 0 Å². The second-order valence-corrected chi connectivity index (χ2v) is 6.98. The van der Waals surface area contributed by atoms with Gasteiger partial charge in [0.15, 0.2) is 0 Å². The molecule has 1 unspecified atom stereocenters. The number of hydrogen-bond acceptors (Lipinski definition) is 3. The normalized spacial score (nSPS) is 17.8. The molecule has 1 N–H and O–H groups in total. The van der Waals surface area contributed by atoms with Crippen molar-refractivity contribution in [2.45, 2.75) is 39.2 Å². The first-order valence-corrected chi connectivity index (χ1v) is 9.36. The molecule has 1 saturated heterocycles. The molecule has 0 saturated carbocycles. The number of hydrogen-bond donors (Lipinski definition) is 1. The van der Waals surface area contributed by atoms with Crippen LogP contribution in [0.1, 0.15) is 43.9 Å². The zero-order valence-corrected chi connectivity index (χ0v) is 15.8. The summed E-state index contributed by atoms with van der Waals surface area (Å²) >= 11 is 0. The van der Waals surface area contributed by atoms with E-state index < -0.39 is 11.2 Å². The van der Waals surface area contributed by atoms with E-state index in [-0.39, 0.29) is 11.9 Å². The van der Waals surface area contributed by atoms with Crippen LogP contribution >= 0.6 is 0 Å². The number of aromatic nitrogens is 2. The molecule has 27 heavy (non-hydrogen) atoms. The predicted molar refractivity (Wildman–Crippen MR) is 106 cm³/mol. The molecule has 0 radical (unpaired) electrons. The van der Waals surface area contributed by atoms with Gasteiger partial charge in [0.1, 0.15) is 0 Å². The molecule has 1 atom stereocenters. The maximum Gasteiger partial charge on any atom is 0.328 e. The Morgan fingerprint density at radius 1 is 1.22 bits per heavy atom. The molecule has 1 amide bonds. The quantitative estimate of drug-likeness (QED) is 0.843. The Bertz CT molecular complexity index is 954. The average Bonchev–Trinajstić information content (AvgIpc) is 2.68. The first-order chi connectivity index (χ1) is 13.0. The summed E-state index contributed by atoms with van der Waals surface area (Å²) in [4.78, 5) is 40.1. The number of aryl methyl sites for hydroxylation is 1. The van der Waals surface area contributed by atoms with Crippen molar-refractivity contribution in [1.29, 1.82) is 0 Å². The highest BCUT2D eigenvalue weighted by Crippen LogP contribution is 2.21. The SMILES string of the molecule is CCc1ccc(/C(C)=C/C(=O)N2CCCC(n3ccc(=O)[nH]c3=O)C2)cc1. The molecule has 3 rings (SSSR count). The molecule has 6 nitrogen and oxygen atoms in total. The smallest absolute Gasteiger partial charge is 0.328 e. The number of amides is 1. The summed E-state index contributed by atoms with van der Waals surface area (Å²) in [6, 6.07) is 9.46. The highest BCUT2D eigenvalue weighted by molar-refractivity contribution is 5.94. The average molecular weight is 367 g/mol. The van der Waals surface area contributed by atoms with E-state index in [1.54, 1.807) is 11.0 Å². The standard InChI is InChI=1S/C21H25N3O3/c1-3-16-6-8-17(9-7-16)15(2)13-20(26)23-11-4-5-18(14-23)24-12-10-19(25)22-21(24)27/h6-10,12-13,18H,3-5,11,14H2,1-2H3,(H,22,25,27)/b15-13+. The molecule has 1 aliphatic heterocycles. The second-order valence-electron chi connectivity index (χ2n) is 6.98. The number of H-pyrrole nitrogens is 1. The van der Waals surface area contributed by atoms with Gasteiger partial charge < -0.3 is 4.90 Å². The minimum atomic E-state index is -0.426. The van der Waals surface area contributed by atoms with E-state index in [0.717, 1.165) is 30.4 Å². The third-order valence-corrected chi connectivity index (χ3v) is 5.11. The molecule has 1 fully saturated rings. The van der Waals surface area contributed by atoms with Crippen LogP contribution in [0.2, 0.25) is 0 Å². The zero-order chi connectivity index (χ0) is 19.4. The molecule has 6 heteroatoms. The Labute approximate surface area is 158 Å². The van der Waals surface area contributed by atoms with Crippen LogP contribution in [0, 0.1) is 0 Å². The Hall–Kier alpha value is -2.89. The van der Waals surface area contributed by atoms with Gasteiger partial charge in [0.2, 0.25) is 5.91 Å². The number of likely N-dealkylation sites (tertiary alicyclic amines) is 1. The summed E-state index contributed by atoms with van der Waals surface area (Å²) in [5.74, 6) is -0.0470. The van der Waals surface area contributed by atoms with Gasteiger partial charge in [0, 0.05) is 31.4 Å². The van der Waals surface area contributed by atoms with E-state index in [0.29, 0.717) is 13.1 Å². The maximum atomic E-state index is 12.7. The zero-order valence-electron chi connectivity index (χ0n) is 15.8. The van der Waals surface area contributed by atoms with Gasteiger partial charge in [-0.05, 0) is 42.9 Å². The number of allylic oxidation sites excluding steroid dienone is 1. The molecular weight excluding hydrogens is 342 g/mol. The van der Waals surface area contributed by atoms with Crippen molar-refractivity contribution in [1.82, 2.24) is 14.5 Å². The topological polar surface area (TPSA) is 75.2 Å². The Kier molecular flexibility index (Phi) is 5.74. The van der Waals surface area contributed by atoms with Gasteiger partial charge >= 0.3 is 5.69 Å². The van der Waals surface area contributed by atoms with E-state index in [2.05, 4.69) is 24.0 Å². The third kappa shape index (κ3) is 4.45. The van der Waals surface area contributed by atoms with Crippen molar-refractivity contribution in [3.05, 3.63) is 74.6 Å². The van der Waals surface area contributed by atoms with E-state index in [1.807, 2.05) is 19.1 Å². The molecule has 1 aromatic carbocycles. The lowest BCUT2D eigenvalue weighted by Crippen LogP contribution is -2.43. The minimum absolute atomic E-state index is 0.0470. The highest BCUT2D eigenvalue weighted by atomic mass is 16.2. The fourth-order valence-corrected chi connectivity index (χ4v) is 3.46. The molecule has 1 aliphatic rings. The van der Waals surface area contributed by atoms with Crippen LogP contribution in [-0.2, 0) is 11.2 Å². The molecular formula is C21H25N3O3. The van der Waals surface area contributed by atoms with Crippen LogP contribution in [0.25, 0.3) is 5.57 Å². The van der Waals surface area contributed by atoms with Gasteiger partial charge in [-0.3, -0.25) is 19.1 Å². The van der Waals surface area contributed by atoms with Crippen molar-refractivity contribution in [2.75, 3.05) is 13.1 Å². The summed E-state index contributed by atoms with van der Waals surface area (Å²) in [5.41, 5.74) is 2.39. The predicted octanol–water partition coefficient (Wildman–Crippen LogP) is 2.37. The van der Waals surface area contributed by atoms with Crippen molar-refractivity contribution >= 4 is 11.5 Å². The lowest BCUT2D eigenvalue weighted by Gasteiger charge is -2.33. The largest absolute Gasteiger partial charge is 0.337 e. The molecule has 2 aromatic rings. The van der Waals surface area contributed by atoms with Gasteiger partial charge in [-0.15, -0.1) is 0 Å². The van der Waals surface area contributed by atoms with Crippen LogP contribution in [-0.4, -0.2) is 33.4 Å². The summed E-state index contributed by atoms with van der Waals surface area (Å²) in [7, 11) is 0. The monoisotopic (exact) mass is 367 g/mol. The Morgan fingerprint density at radius 3 is 2.63 bits per heavy atom. The number of nitrogens with zero attached hydrogens (tertiary/aromatic N) is 2. The van der Waals surface area contributed by atoms with Crippen molar-refractivity contribution in [3.63, 3.8) is 0 Å². The van der Waals surface area contributed by atoms with Gasteiger partial charge in [0.05, 0.1) is 6.04 Å². The fraction of sp³-hybridized carbons (Fsp3) is 0.381. The van der Waals surface area contributed by atoms with Crippen molar-refractivity contribution in [2.24, 2.45) is 0 Å². The number of piperidine rings is 1. The minimum Gasteiger partial charge on any atom is -0.337 e. The van der Waals surface area contributed by atoms with Crippen LogP contribution in [0.4, 0.5) is 0 Å². The summed E-state index contributed by atoms with van der Waals surface area (Å²) in [6.45, 7) is 5.18. The number of carbonyl (C=O) groups excluding carboxylic acids is 1. The Balaban J connectivity index is 1.74. The first-order valence-electron chi connectivity index (χ1n) is 9.36. The van der Waals surface area contributed by atoms with Crippen LogP contribution in [0.3, 0.4) is 0 Å². The number of carbonyl (C=O) groups is 1. The van der Waals surface area contributed by atoms with Crippen LogP contribution in [0.5, 0.6) is 0 Å². The molecule has 142 valence electrons. The van der Waals surface area contributed by atoms with Crippen molar-refractivity contribution in [3.8, 4) is 0 Å². The third-order valence-electron chi connectivity index (χ3n) is 5.11. The number of nitrogens with one attached hydrogen (secondary N) is 1. The number of benzene rings is 1. The number of rotatable bonds is 4. The van der Waals surface area contributed by atoms with E-state index in [4.69, 9.17) is 0 Å². The maximum absolute atomic E-state index is 12.7. The van der Waals surface area contributed by atoms with Crippen LogP contribution < -0.4 is 11.2 Å². The molecule has 0 spiro atoms. The van der Waals surface area contributed by atoms with Gasteiger partial charge in [-0.1, -0.05) is 31.2 Å². The van der Waals surface area contributed by atoms with Gasteiger partial charge in [0.25, 0.3) is 5.56 Å². The summed E-state index contributed by atoms with van der Waals surface area (Å²) in [6.07, 6.45) is 5.79. The number of aromatic amines is 1. The summed E-state index contributed by atoms with van der Waals surface area (Å²) in [5, 5.41) is 0. The lowest BCUT2D eigenvalue weighted by atomic mass is 10.0.